The molecule has 0 spiro atoms. The third-order valence-corrected chi connectivity index (χ3v) is 6.54. The van der Waals surface area contributed by atoms with Crippen molar-refractivity contribution in [2.45, 2.75) is 24.9 Å². The molecule has 1 aliphatic heterocycles. The molecule has 0 atom stereocenters. The highest BCUT2D eigenvalue weighted by Crippen LogP contribution is 2.32. The summed E-state index contributed by atoms with van der Waals surface area (Å²) in [6.45, 7) is 2.65. The Hall–Kier alpha value is -2.50. The zero-order valence-electron chi connectivity index (χ0n) is 14.3. The van der Waals surface area contributed by atoms with Crippen LogP contribution < -0.4 is 0 Å². The van der Waals surface area contributed by atoms with E-state index in [1.807, 2.05) is 37.3 Å². The van der Waals surface area contributed by atoms with Crippen LogP contribution in [0.25, 0.3) is 11.1 Å². The lowest BCUT2D eigenvalue weighted by Crippen LogP contribution is -2.25. The Kier molecular flexibility index (Phi) is 4.13. The summed E-state index contributed by atoms with van der Waals surface area (Å²) >= 11 is 0. The number of rotatable bonds is 3. The van der Waals surface area contributed by atoms with Crippen molar-refractivity contribution >= 4 is 10.0 Å². The van der Waals surface area contributed by atoms with E-state index in [0.717, 1.165) is 27.8 Å². The van der Waals surface area contributed by atoms with Gasteiger partial charge in [0.1, 0.15) is 5.82 Å². The van der Waals surface area contributed by atoms with Crippen molar-refractivity contribution in [3.63, 3.8) is 0 Å². The van der Waals surface area contributed by atoms with Gasteiger partial charge in [0.2, 0.25) is 10.0 Å². The molecule has 0 aliphatic carbocycles. The molecular formula is C21H18FNO2S. The average molecular weight is 367 g/mol. The fraction of sp³-hybridized carbons (Fsp3) is 0.143. The van der Waals surface area contributed by atoms with Gasteiger partial charge in [0, 0.05) is 13.1 Å². The maximum Gasteiger partial charge on any atom is 0.243 e. The van der Waals surface area contributed by atoms with Gasteiger partial charge in [-0.3, -0.25) is 0 Å². The van der Waals surface area contributed by atoms with E-state index in [1.54, 1.807) is 24.3 Å². The molecule has 5 heteroatoms. The SMILES string of the molecule is Cc1ccc(S(=O)(=O)N2Cc3ccc(-c4ccc(F)cc4)cc3C2)cc1. The fourth-order valence-corrected chi connectivity index (χ4v) is 4.61. The van der Waals surface area contributed by atoms with Gasteiger partial charge < -0.3 is 0 Å². The number of halogens is 1. The summed E-state index contributed by atoms with van der Waals surface area (Å²) in [5.74, 6) is -0.273. The molecule has 0 amide bonds. The number of hydrogen-bond donors (Lipinski definition) is 0. The molecule has 3 nitrogen and oxygen atoms in total. The number of nitrogens with zero attached hydrogens (tertiary/aromatic N) is 1. The van der Waals surface area contributed by atoms with Crippen LogP contribution in [-0.2, 0) is 23.1 Å². The van der Waals surface area contributed by atoms with Crippen LogP contribution in [0, 0.1) is 12.7 Å². The molecule has 0 N–H and O–H groups in total. The average Bonchev–Trinajstić information content (AvgIpc) is 3.07. The first-order chi connectivity index (χ1) is 12.4. The lowest BCUT2D eigenvalue weighted by Gasteiger charge is -2.15. The Labute approximate surface area is 152 Å². The van der Waals surface area contributed by atoms with Crippen LogP contribution in [0.2, 0.25) is 0 Å². The van der Waals surface area contributed by atoms with Gasteiger partial charge in [-0.05, 0) is 59.5 Å². The topological polar surface area (TPSA) is 37.4 Å². The van der Waals surface area contributed by atoms with Crippen molar-refractivity contribution in [2.24, 2.45) is 0 Å². The summed E-state index contributed by atoms with van der Waals surface area (Å²) in [5.41, 5.74) is 4.89. The standard InChI is InChI=1S/C21H18FNO2S/c1-15-2-10-21(11-3-15)26(24,25)23-13-18-5-4-17(12-19(18)14-23)16-6-8-20(22)9-7-16/h2-12H,13-14H2,1H3. The first kappa shape index (κ1) is 16.9. The van der Waals surface area contributed by atoms with Crippen molar-refractivity contribution < 1.29 is 12.8 Å². The Morgan fingerprint density at radius 1 is 0.808 bits per heavy atom. The van der Waals surface area contributed by atoms with E-state index in [2.05, 4.69) is 0 Å². The van der Waals surface area contributed by atoms with E-state index in [0.29, 0.717) is 18.0 Å². The van der Waals surface area contributed by atoms with Gasteiger partial charge in [-0.2, -0.15) is 4.31 Å². The smallest absolute Gasteiger partial charge is 0.207 e. The molecule has 0 bridgehead atoms. The molecule has 26 heavy (non-hydrogen) atoms. The van der Waals surface area contributed by atoms with Gasteiger partial charge in [-0.25, -0.2) is 12.8 Å². The van der Waals surface area contributed by atoms with E-state index in [4.69, 9.17) is 0 Å². The zero-order chi connectivity index (χ0) is 18.3. The normalized spacial score (nSPS) is 14.4. The minimum absolute atomic E-state index is 0.273. The van der Waals surface area contributed by atoms with Crippen LogP contribution in [-0.4, -0.2) is 12.7 Å². The van der Waals surface area contributed by atoms with Crippen LogP contribution in [0.5, 0.6) is 0 Å². The molecule has 3 aromatic rings. The van der Waals surface area contributed by atoms with Crippen LogP contribution in [0.4, 0.5) is 4.39 Å². The van der Waals surface area contributed by atoms with Gasteiger partial charge in [0.15, 0.2) is 0 Å². The van der Waals surface area contributed by atoms with Gasteiger partial charge in [0.05, 0.1) is 4.90 Å². The van der Waals surface area contributed by atoms with E-state index < -0.39 is 10.0 Å². The highest BCUT2D eigenvalue weighted by molar-refractivity contribution is 7.89. The number of benzene rings is 3. The van der Waals surface area contributed by atoms with Gasteiger partial charge in [0.25, 0.3) is 0 Å². The van der Waals surface area contributed by atoms with Crippen molar-refractivity contribution in [2.75, 3.05) is 0 Å². The third-order valence-electron chi connectivity index (χ3n) is 4.74. The minimum atomic E-state index is -3.52. The molecule has 0 fully saturated rings. The Morgan fingerprint density at radius 3 is 2.12 bits per heavy atom. The van der Waals surface area contributed by atoms with Crippen LogP contribution in [0.15, 0.2) is 71.6 Å². The van der Waals surface area contributed by atoms with Crippen LogP contribution >= 0.6 is 0 Å². The van der Waals surface area contributed by atoms with Crippen LogP contribution in [0.1, 0.15) is 16.7 Å². The molecule has 0 saturated heterocycles. The number of fused-ring (bicyclic) bond motifs is 1. The Balaban J connectivity index is 1.63. The second kappa shape index (κ2) is 6.34. The highest BCUT2D eigenvalue weighted by atomic mass is 32.2. The maximum atomic E-state index is 13.1. The van der Waals surface area contributed by atoms with Gasteiger partial charge in [-0.15, -0.1) is 0 Å². The Morgan fingerprint density at radius 2 is 1.42 bits per heavy atom. The van der Waals surface area contributed by atoms with E-state index in [-0.39, 0.29) is 5.82 Å². The van der Waals surface area contributed by atoms with E-state index in [1.165, 1.54) is 16.4 Å². The molecule has 1 aliphatic rings. The van der Waals surface area contributed by atoms with Crippen molar-refractivity contribution in [3.05, 3.63) is 89.2 Å². The third kappa shape index (κ3) is 3.04. The molecule has 4 rings (SSSR count). The molecule has 0 radical (unpaired) electrons. The Bertz CT molecular complexity index is 1060. The summed E-state index contributed by atoms with van der Waals surface area (Å²) in [7, 11) is -3.52. The lowest BCUT2D eigenvalue weighted by atomic mass is 10.0. The zero-order valence-corrected chi connectivity index (χ0v) is 15.1. The number of hydrogen-bond acceptors (Lipinski definition) is 2. The summed E-state index contributed by atoms with van der Waals surface area (Å²) in [5, 5.41) is 0. The second-order valence-corrected chi connectivity index (χ2v) is 8.51. The molecular weight excluding hydrogens is 349 g/mol. The fourth-order valence-electron chi connectivity index (χ4n) is 3.21. The quantitative estimate of drug-likeness (QED) is 0.683. The van der Waals surface area contributed by atoms with Gasteiger partial charge >= 0.3 is 0 Å². The van der Waals surface area contributed by atoms with E-state index >= 15 is 0 Å². The van der Waals surface area contributed by atoms with Crippen molar-refractivity contribution in [1.29, 1.82) is 0 Å². The van der Waals surface area contributed by atoms with Crippen molar-refractivity contribution in [3.8, 4) is 11.1 Å². The summed E-state index contributed by atoms with van der Waals surface area (Å²) in [6, 6.07) is 19.1. The summed E-state index contributed by atoms with van der Waals surface area (Å²) in [4.78, 5) is 0.315. The molecule has 0 unspecified atom stereocenters. The maximum absolute atomic E-state index is 13.1. The van der Waals surface area contributed by atoms with Crippen molar-refractivity contribution in [1.82, 2.24) is 4.31 Å². The van der Waals surface area contributed by atoms with E-state index in [9.17, 15) is 12.8 Å². The molecule has 3 aromatic carbocycles. The van der Waals surface area contributed by atoms with Crippen LogP contribution in [0.3, 0.4) is 0 Å². The molecule has 132 valence electrons. The molecule has 1 heterocycles. The predicted molar refractivity (Wildman–Crippen MR) is 99.4 cm³/mol. The molecule has 0 aromatic heterocycles. The first-order valence-electron chi connectivity index (χ1n) is 8.38. The number of aryl methyl sites for hydroxylation is 1. The highest BCUT2D eigenvalue weighted by Gasteiger charge is 2.30. The minimum Gasteiger partial charge on any atom is -0.207 e. The van der Waals surface area contributed by atoms with Gasteiger partial charge in [-0.1, -0.05) is 42.0 Å². The monoisotopic (exact) mass is 367 g/mol. The second-order valence-electron chi connectivity index (χ2n) is 6.58. The lowest BCUT2D eigenvalue weighted by molar-refractivity contribution is 0.431. The summed E-state index contributed by atoms with van der Waals surface area (Å²) in [6.07, 6.45) is 0. The predicted octanol–water partition coefficient (Wildman–Crippen LogP) is 4.51. The largest absolute Gasteiger partial charge is 0.243 e. The number of sulfonamides is 1. The first-order valence-corrected chi connectivity index (χ1v) is 9.82. The molecule has 0 saturated carbocycles. The summed E-state index contributed by atoms with van der Waals surface area (Å²) < 4.78 is 40.4.